The Morgan fingerprint density at radius 2 is 0.758 bits per heavy atom. The fourth-order valence-electron chi connectivity index (χ4n) is 9.51. The van der Waals surface area contributed by atoms with Gasteiger partial charge < -0.3 is 9.32 Å². The molecule has 6 aromatic rings. The number of nitrogens with zero attached hydrogens (tertiary/aromatic N) is 3. The van der Waals surface area contributed by atoms with E-state index < -0.39 is 0 Å². The summed E-state index contributed by atoms with van der Waals surface area (Å²) < 4.78 is 7.35. The van der Waals surface area contributed by atoms with Crippen molar-refractivity contribution < 1.29 is 4.42 Å². The minimum Gasteiger partial charge on any atom is -0.420 e. The molecule has 0 N–H and O–H groups in total. The maximum Gasteiger partial charge on any atom is 0.279 e. The van der Waals surface area contributed by atoms with Crippen molar-refractivity contribution in [3.05, 3.63) is 130 Å². The van der Waals surface area contributed by atoms with Crippen molar-refractivity contribution >= 4 is 57.6 Å². The number of hydrogen-bond acceptors (Lipinski definition) is 4. The molecule has 0 bridgehead atoms. The third kappa shape index (κ3) is 8.58. The zero-order valence-electron chi connectivity index (χ0n) is 44.5. The van der Waals surface area contributed by atoms with Crippen LogP contribution in [0.2, 0.25) is 0 Å². The third-order valence-electron chi connectivity index (χ3n) is 14.1. The molecule has 2 aliphatic rings. The molecule has 0 unspecified atom stereocenters. The molecule has 8 rings (SSSR count). The molecule has 66 heavy (non-hydrogen) atoms. The fourth-order valence-corrected chi connectivity index (χ4v) is 9.51. The molecule has 0 fully saturated rings. The Hall–Kier alpha value is -5.03. The molecule has 0 atom stereocenters. The Balaban J connectivity index is 1.55. The van der Waals surface area contributed by atoms with E-state index in [0.29, 0.717) is 5.89 Å². The predicted molar refractivity (Wildman–Crippen MR) is 287 cm³/mol. The lowest BCUT2D eigenvalue weighted by molar-refractivity contribution is 0.566. The Kier molecular flexibility index (Phi) is 11.0. The molecule has 0 aliphatic carbocycles. The van der Waals surface area contributed by atoms with Crippen LogP contribution in [0.25, 0.3) is 11.5 Å². The summed E-state index contributed by atoms with van der Waals surface area (Å²) in [5.74, 6) is 1.43. The first-order valence-corrected chi connectivity index (χ1v) is 24.5. The van der Waals surface area contributed by atoms with Gasteiger partial charge in [-0.1, -0.05) is 182 Å². The summed E-state index contributed by atoms with van der Waals surface area (Å²) >= 11 is 0. The smallest absolute Gasteiger partial charge is 0.279 e. The Morgan fingerprint density at radius 3 is 1.18 bits per heavy atom. The largest absolute Gasteiger partial charge is 0.420 e. The molecule has 346 valence electrons. The quantitative estimate of drug-likeness (QED) is 0.166. The maximum atomic E-state index is 7.35. The number of fused-ring (bicyclic) bond motifs is 4. The van der Waals surface area contributed by atoms with Gasteiger partial charge in [0.15, 0.2) is 0 Å². The molecule has 5 aromatic carbocycles. The summed E-state index contributed by atoms with van der Waals surface area (Å²) in [7, 11) is 0. The maximum absolute atomic E-state index is 7.35. The highest BCUT2D eigenvalue weighted by molar-refractivity contribution is 6.99. The first-order valence-electron chi connectivity index (χ1n) is 24.5. The van der Waals surface area contributed by atoms with Crippen molar-refractivity contribution in [3.63, 3.8) is 0 Å². The molecular weight excluding hydrogens is 802 g/mol. The minimum atomic E-state index is -0.184. The van der Waals surface area contributed by atoms with Crippen LogP contribution in [0.15, 0.2) is 95.4 Å². The minimum absolute atomic E-state index is 0.0271. The van der Waals surface area contributed by atoms with E-state index >= 15 is 0 Å². The predicted octanol–water partition coefficient (Wildman–Crippen LogP) is 15.5. The number of aromatic nitrogens is 1. The van der Waals surface area contributed by atoms with E-state index in [1.807, 2.05) is 0 Å². The average molecular weight is 880 g/mol. The molecule has 0 radical (unpaired) electrons. The second-order valence-corrected chi connectivity index (χ2v) is 26.9. The SMILES string of the molecule is CC(C)(C)c1ccc(-c2nc3c(o2)N(c2cc(C(C)(C)C)cc(C(C)(C)C)c2)c2cc(C(C)(C)C)cc4c2B3c2cc(C(C)(C)C)ccc2N4c2cc(C(C)(C)C)cc(C(C)(C)C)c2)cc1. The van der Waals surface area contributed by atoms with E-state index in [0.717, 1.165) is 28.4 Å². The molecule has 0 saturated carbocycles. The van der Waals surface area contributed by atoms with Crippen LogP contribution < -0.4 is 26.3 Å². The first-order chi connectivity index (χ1) is 30.1. The number of hydrogen-bond donors (Lipinski definition) is 0. The molecule has 1 aromatic heterocycles. The van der Waals surface area contributed by atoms with E-state index in [2.05, 4.69) is 246 Å². The molecule has 5 heteroatoms. The number of rotatable bonds is 3. The molecule has 2 aliphatic heterocycles. The molecular formula is C61H78BN3O. The van der Waals surface area contributed by atoms with Gasteiger partial charge in [0.2, 0.25) is 11.8 Å². The van der Waals surface area contributed by atoms with Crippen molar-refractivity contribution in [2.45, 2.75) is 183 Å². The van der Waals surface area contributed by atoms with E-state index in [1.54, 1.807) is 0 Å². The summed E-state index contributed by atoms with van der Waals surface area (Å²) in [5, 5.41) is 0. The van der Waals surface area contributed by atoms with Crippen molar-refractivity contribution in [1.29, 1.82) is 0 Å². The Morgan fingerprint density at radius 1 is 0.379 bits per heavy atom. The van der Waals surface area contributed by atoms with Crippen LogP contribution >= 0.6 is 0 Å². The van der Waals surface area contributed by atoms with Gasteiger partial charge in [0, 0.05) is 34.0 Å². The van der Waals surface area contributed by atoms with Crippen molar-refractivity contribution in [2.75, 3.05) is 9.80 Å². The topological polar surface area (TPSA) is 32.5 Å². The number of benzene rings is 5. The number of oxazole rings is 1. The van der Waals surface area contributed by atoms with Gasteiger partial charge in [-0.25, -0.2) is 4.98 Å². The van der Waals surface area contributed by atoms with Gasteiger partial charge in [0.25, 0.3) is 6.71 Å². The highest BCUT2D eigenvalue weighted by Gasteiger charge is 2.48. The lowest BCUT2D eigenvalue weighted by Crippen LogP contribution is -2.62. The van der Waals surface area contributed by atoms with E-state index in [1.165, 1.54) is 66.9 Å². The van der Waals surface area contributed by atoms with Gasteiger partial charge in [-0.15, -0.1) is 0 Å². The van der Waals surface area contributed by atoms with Crippen LogP contribution in [-0.2, 0) is 37.9 Å². The first kappa shape index (κ1) is 47.5. The van der Waals surface area contributed by atoms with Gasteiger partial charge in [-0.05, 0) is 142 Å². The number of anilines is 6. The standard InChI is InChI=1S/C61H78BN3O/c1-55(2,3)38-24-22-37(23-25-38)53-63-52-54(66-53)65(46-32-42(59(13,14)15)29-43(33-46)60(16,17)18)50-36-44(61(19,20)21)35-49-51(50)62(52)47-34-39(56(4,5)6)26-27-48(47)64(49)45-30-40(57(7,8)9)28-41(31-45)58(10,11)12/h22-36H,1-21H3. The summed E-state index contributed by atoms with van der Waals surface area (Å²) in [4.78, 5) is 10.7. The zero-order chi connectivity index (χ0) is 48.6. The summed E-state index contributed by atoms with van der Waals surface area (Å²) in [6, 6.07) is 35.6. The summed E-state index contributed by atoms with van der Waals surface area (Å²) in [5.41, 5.74) is 18.8. The zero-order valence-corrected chi connectivity index (χ0v) is 44.5. The van der Waals surface area contributed by atoms with Crippen LogP contribution in [0.5, 0.6) is 0 Å². The highest BCUT2D eigenvalue weighted by atomic mass is 16.4. The van der Waals surface area contributed by atoms with Gasteiger partial charge in [-0.3, -0.25) is 4.90 Å². The molecule has 4 nitrogen and oxygen atoms in total. The monoisotopic (exact) mass is 880 g/mol. The molecule has 3 heterocycles. The average Bonchev–Trinajstić information content (AvgIpc) is 3.62. The van der Waals surface area contributed by atoms with Crippen LogP contribution in [0.3, 0.4) is 0 Å². The van der Waals surface area contributed by atoms with Crippen LogP contribution in [0.1, 0.15) is 184 Å². The summed E-state index contributed by atoms with van der Waals surface area (Å²) in [6.45, 7) is 48.6. The van der Waals surface area contributed by atoms with Gasteiger partial charge >= 0.3 is 0 Å². The fraction of sp³-hybridized carbons (Fsp3) is 0.459. The second-order valence-electron chi connectivity index (χ2n) is 26.9. The molecule has 0 spiro atoms. The van der Waals surface area contributed by atoms with Crippen LogP contribution in [0, 0.1) is 0 Å². The molecule has 0 saturated heterocycles. The van der Waals surface area contributed by atoms with E-state index in [9.17, 15) is 0 Å². The van der Waals surface area contributed by atoms with Crippen LogP contribution in [0.4, 0.5) is 34.3 Å². The van der Waals surface area contributed by atoms with Crippen molar-refractivity contribution in [1.82, 2.24) is 4.98 Å². The lowest BCUT2D eigenvalue weighted by atomic mass is 9.35. The second kappa shape index (κ2) is 15.2. The van der Waals surface area contributed by atoms with Crippen molar-refractivity contribution in [3.8, 4) is 11.5 Å². The molecule has 0 amide bonds. The third-order valence-corrected chi connectivity index (χ3v) is 14.1. The van der Waals surface area contributed by atoms with Crippen LogP contribution in [-0.4, -0.2) is 11.7 Å². The highest BCUT2D eigenvalue weighted by Crippen LogP contribution is 2.49. The van der Waals surface area contributed by atoms with Gasteiger partial charge in [-0.2, -0.15) is 0 Å². The Labute approximate surface area is 399 Å². The van der Waals surface area contributed by atoms with Crippen molar-refractivity contribution in [2.24, 2.45) is 0 Å². The normalized spacial score (nSPS) is 14.7. The summed E-state index contributed by atoms with van der Waals surface area (Å²) in [6.07, 6.45) is 0. The van der Waals surface area contributed by atoms with Gasteiger partial charge in [0.05, 0.1) is 5.59 Å². The van der Waals surface area contributed by atoms with E-state index in [4.69, 9.17) is 9.40 Å². The van der Waals surface area contributed by atoms with E-state index in [-0.39, 0.29) is 44.6 Å². The Bertz CT molecular complexity index is 2780. The van der Waals surface area contributed by atoms with Gasteiger partial charge in [0.1, 0.15) is 0 Å². The lowest BCUT2D eigenvalue weighted by Gasteiger charge is -2.44.